The van der Waals surface area contributed by atoms with Crippen LogP contribution in [-0.4, -0.2) is 12.1 Å². The number of hydrogen-bond donors (Lipinski definition) is 0. The van der Waals surface area contributed by atoms with E-state index in [9.17, 15) is 4.79 Å². The molecule has 48 heavy (non-hydrogen) atoms. The van der Waals surface area contributed by atoms with Crippen LogP contribution in [0, 0.1) is 0 Å². The molecule has 0 N–H and O–H groups in total. The summed E-state index contributed by atoms with van der Waals surface area (Å²) in [5.74, 6) is 0.504. The first kappa shape index (κ1) is 40.7. The van der Waals surface area contributed by atoms with Crippen LogP contribution < -0.4 is 4.74 Å². The smallest absolute Gasteiger partial charge is 0.373 e. The Labute approximate surface area is 292 Å². The molecule has 0 aliphatic rings. The van der Waals surface area contributed by atoms with E-state index in [0.717, 1.165) is 12.8 Å². The zero-order valence-corrected chi connectivity index (χ0v) is 30.9. The Bertz CT molecular complexity index is 1330. The standard InChI is InChI=1S/C43H62O2.CO2/c1-7-9-11-13-15-17-19-21-35-23-25-36(26-24-35)42(3,4)37-27-29-38(30-28-37)43(5,6)39-31-33-40(34-32-39)45-41(44)22-20-18-16-14-12-10-8-2;2-1-3/h23-34H,7-22H2,1-6H3;. The number of aryl methyl sites for hydroxylation is 1. The van der Waals surface area contributed by atoms with Crippen LogP contribution in [0.4, 0.5) is 0 Å². The maximum atomic E-state index is 12.4. The summed E-state index contributed by atoms with van der Waals surface area (Å²) < 4.78 is 5.64. The lowest BCUT2D eigenvalue weighted by atomic mass is 9.74. The van der Waals surface area contributed by atoms with Crippen molar-refractivity contribution in [3.63, 3.8) is 0 Å². The molecular weight excluding hydrogens is 592 g/mol. The Kier molecular flexibility index (Phi) is 18.8. The van der Waals surface area contributed by atoms with Crippen LogP contribution in [-0.2, 0) is 31.6 Å². The third-order valence-corrected chi connectivity index (χ3v) is 9.87. The van der Waals surface area contributed by atoms with Gasteiger partial charge in [0.25, 0.3) is 0 Å². The Balaban J connectivity index is 0.00000257. The first-order chi connectivity index (χ1) is 23.1. The predicted molar refractivity (Wildman–Crippen MR) is 199 cm³/mol. The van der Waals surface area contributed by atoms with Crippen molar-refractivity contribution in [1.29, 1.82) is 0 Å². The second-order valence-electron chi connectivity index (χ2n) is 14.3. The van der Waals surface area contributed by atoms with Gasteiger partial charge in [-0.05, 0) is 59.2 Å². The van der Waals surface area contributed by atoms with Crippen LogP contribution in [0.25, 0.3) is 0 Å². The molecule has 3 aromatic carbocycles. The van der Waals surface area contributed by atoms with Crippen molar-refractivity contribution in [2.75, 3.05) is 0 Å². The van der Waals surface area contributed by atoms with Crippen molar-refractivity contribution in [3.05, 3.63) is 101 Å². The number of esters is 1. The van der Waals surface area contributed by atoms with Crippen molar-refractivity contribution < 1.29 is 19.1 Å². The zero-order valence-electron chi connectivity index (χ0n) is 30.9. The number of rotatable bonds is 21. The Morgan fingerprint density at radius 1 is 0.521 bits per heavy atom. The molecule has 0 bridgehead atoms. The number of carbonyl (C=O) groups is 1. The van der Waals surface area contributed by atoms with Gasteiger partial charge in [-0.15, -0.1) is 0 Å². The number of carbonyl (C=O) groups excluding carboxylic acids is 3. The largest absolute Gasteiger partial charge is 0.427 e. The van der Waals surface area contributed by atoms with Crippen molar-refractivity contribution >= 4 is 12.1 Å². The highest BCUT2D eigenvalue weighted by atomic mass is 16.5. The highest BCUT2D eigenvalue weighted by Crippen LogP contribution is 2.36. The minimum Gasteiger partial charge on any atom is -0.427 e. The summed E-state index contributed by atoms with van der Waals surface area (Å²) in [6, 6.07) is 26.6. The van der Waals surface area contributed by atoms with Gasteiger partial charge in [0.05, 0.1) is 0 Å². The summed E-state index contributed by atoms with van der Waals surface area (Å²) in [5, 5.41) is 0. The minimum atomic E-state index is -0.166. The molecule has 0 unspecified atom stereocenters. The van der Waals surface area contributed by atoms with Gasteiger partial charge in [-0.2, -0.15) is 9.59 Å². The zero-order chi connectivity index (χ0) is 35.3. The molecule has 3 aromatic rings. The first-order valence-electron chi connectivity index (χ1n) is 18.6. The van der Waals surface area contributed by atoms with Gasteiger partial charge in [0, 0.05) is 17.3 Å². The molecule has 0 aliphatic carbocycles. The van der Waals surface area contributed by atoms with E-state index in [1.54, 1.807) is 0 Å². The highest BCUT2D eigenvalue weighted by Gasteiger charge is 2.26. The molecule has 0 aromatic heterocycles. The maximum absolute atomic E-state index is 12.4. The fourth-order valence-electron chi connectivity index (χ4n) is 6.36. The van der Waals surface area contributed by atoms with E-state index in [4.69, 9.17) is 14.3 Å². The molecule has 0 amide bonds. The monoisotopic (exact) mass is 654 g/mol. The number of unbranched alkanes of at least 4 members (excludes halogenated alkanes) is 12. The summed E-state index contributed by atoms with van der Waals surface area (Å²) in [7, 11) is 0. The molecule has 3 rings (SSSR count). The van der Waals surface area contributed by atoms with E-state index in [1.807, 2.05) is 12.1 Å². The van der Waals surface area contributed by atoms with E-state index in [-0.39, 0.29) is 23.0 Å². The summed E-state index contributed by atoms with van der Waals surface area (Å²) in [5.41, 5.74) is 6.38. The van der Waals surface area contributed by atoms with Crippen LogP contribution in [0.15, 0.2) is 72.8 Å². The van der Waals surface area contributed by atoms with Gasteiger partial charge in [-0.1, -0.05) is 179 Å². The highest BCUT2D eigenvalue weighted by molar-refractivity contribution is 5.72. The van der Waals surface area contributed by atoms with Crippen molar-refractivity contribution in [2.45, 2.75) is 155 Å². The van der Waals surface area contributed by atoms with Crippen molar-refractivity contribution in [3.8, 4) is 5.75 Å². The lowest BCUT2D eigenvalue weighted by Crippen LogP contribution is -2.21. The quantitative estimate of drug-likeness (QED) is 0.0651. The van der Waals surface area contributed by atoms with Crippen molar-refractivity contribution in [1.82, 2.24) is 0 Å². The molecule has 4 heteroatoms. The molecule has 0 heterocycles. The lowest BCUT2D eigenvalue weighted by molar-refractivity contribution is -0.191. The third kappa shape index (κ3) is 13.9. The van der Waals surface area contributed by atoms with Crippen LogP contribution in [0.1, 0.15) is 166 Å². The van der Waals surface area contributed by atoms with Gasteiger partial charge in [0.15, 0.2) is 0 Å². The van der Waals surface area contributed by atoms with E-state index in [2.05, 4.69) is 102 Å². The normalized spacial score (nSPS) is 11.4. The average Bonchev–Trinajstić information content (AvgIpc) is 3.08. The van der Waals surface area contributed by atoms with Crippen LogP contribution >= 0.6 is 0 Å². The molecule has 0 atom stereocenters. The lowest BCUT2D eigenvalue weighted by Gasteiger charge is -2.29. The molecule has 0 aliphatic heterocycles. The SMILES string of the molecule is CCCCCCCCCC(=O)Oc1ccc(C(C)(C)c2ccc(C(C)(C)c3ccc(CCCCCCCCC)cc3)cc2)cc1.O=C=O. The topological polar surface area (TPSA) is 60.4 Å². The molecule has 0 radical (unpaired) electrons. The third-order valence-electron chi connectivity index (χ3n) is 9.87. The molecule has 0 spiro atoms. The Morgan fingerprint density at radius 2 is 0.854 bits per heavy atom. The van der Waals surface area contributed by atoms with E-state index >= 15 is 0 Å². The molecule has 262 valence electrons. The summed E-state index contributed by atoms with van der Waals surface area (Å²) >= 11 is 0. The van der Waals surface area contributed by atoms with E-state index in [1.165, 1.54) is 111 Å². The van der Waals surface area contributed by atoms with Crippen LogP contribution in [0.2, 0.25) is 0 Å². The Hall–Kier alpha value is -3.49. The number of hydrogen-bond acceptors (Lipinski definition) is 4. The number of benzene rings is 3. The summed E-state index contributed by atoms with van der Waals surface area (Å²) in [6.45, 7) is 13.7. The van der Waals surface area contributed by atoms with Crippen molar-refractivity contribution in [2.24, 2.45) is 0 Å². The van der Waals surface area contributed by atoms with E-state index < -0.39 is 0 Å². The molecule has 4 nitrogen and oxygen atoms in total. The van der Waals surface area contributed by atoms with Gasteiger partial charge in [0.1, 0.15) is 5.75 Å². The van der Waals surface area contributed by atoms with Gasteiger partial charge >= 0.3 is 12.1 Å². The minimum absolute atomic E-state index is 0.0684. The maximum Gasteiger partial charge on any atom is 0.373 e. The second-order valence-corrected chi connectivity index (χ2v) is 14.3. The van der Waals surface area contributed by atoms with Crippen LogP contribution in [0.5, 0.6) is 5.75 Å². The van der Waals surface area contributed by atoms with Gasteiger partial charge in [-0.25, -0.2) is 0 Å². The van der Waals surface area contributed by atoms with Crippen LogP contribution in [0.3, 0.4) is 0 Å². The second kappa shape index (κ2) is 22.2. The predicted octanol–water partition coefficient (Wildman–Crippen LogP) is 12.1. The Morgan fingerprint density at radius 3 is 1.27 bits per heavy atom. The fraction of sp³-hybridized carbons (Fsp3) is 0.545. The molecule has 0 fully saturated rings. The average molecular weight is 655 g/mol. The number of ether oxygens (including phenoxy) is 1. The molecule has 0 saturated heterocycles. The summed E-state index contributed by atoms with van der Waals surface area (Å²) in [4.78, 5) is 28.6. The van der Waals surface area contributed by atoms with Gasteiger partial charge < -0.3 is 4.74 Å². The fourth-order valence-corrected chi connectivity index (χ4v) is 6.36. The summed E-state index contributed by atoms with van der Waals surface area (Å²) in [6.07, 6.45) is 19.8. The first-order valence-corrected chi connectivity index (χ1v) is 18.6. The van der Waals surface area contributed by atoms with Gasteiger partial charge in [-0.3, -0.25) is 4.79 Å². The molecule has 0 saturated carbocycles. The van der Waals surface area contributed by atoms with E-state index in [0.29, 0.717) is 12.2 Å². The molecular formula is C44H62O4. The van der Waals surface area contributed by atoms with Gasteiger partial charge in [0.2, 0.25) is 0 Å².